The van der Waals surface area contributed by atoms with E-state index in [9.17, 15) is 18.0 Å². The van der Waals surface area contributed by atoms with E-state index in [1.165, 1.54) is 22.6 Å². The van der Waals surface area contributed by atoms with Crippen LogP contribution >= 0.6 is 23.6 Å². The average Bonchev–Trinajstić information content (AvgIpc) is 2.95. The number of piperazine rings is 1. The van der Waals surface area contributed by atoms with Gasteiger partial charge in [0.15, 0.2) is 5.11 Å². The molecule has 0 unspecified atom stereocenters. The summed E-state index contributed by atoms with van der Waals surface area (Å²) in [6.45, 7) is 3.22. The van der Waals surface area contributed by atoms with Crippen LogP contribution in [0.25, 0.3) is 0 Å². The third-order valence-electron chi connectivity index (χ3n) is 4.35. The van der Waals surface area contributed by atoms with Gasteiger partial charge in [-0.3, -0.25) is 4.79 Å². The Morgan fingerprint density at radius 2 is 1.79 bits per heavy atom. The molecule has 0 atom stereocenters. The number of ether oxygens (including phenoxy) is 1. The minimum Gasteiger partial charge on any atom is -0.465 e. The highest BCUT2D eigenvalue weighted by molar-refractivity contribution is 7.88. The second kappa shape index (κ2) is 8.72. The molecule has 1 N–H and O–H groups in total. The zero-order chi connectivity index (χ0) is 21.2. The SMILES string of the molecule is COC(=O)c1c(NC(=S)N2CCN(S(C)(=O)=O)CC2)sc(C(=O)N(C)C)c1C. The van der Waals surface area contributed by atoms with Gasteiger partial charge >= 0.3 is 5.97 Å². The van der Waals surface area contributed by atoms with Crippen molar-refractivity contribution in [2.45, 2.75) is 6.92 Å². The molecule has 0 spiro atoms. The first-order valence-corrected chi connectivity index (χ1v) is 11.5. The van der Waals surface area contributed by atoms with Gasteiger partial charge in [0, 0.05) is 40.3 Å². The topological polar surface area (TPSA) is 99.3 Å². The van der Waals surface area contributed by atoms with Crippen LogP contribution in [0.4, 0.5) is 5.00 Å². The predicted octanol–water partition coefficient (Wildman–Crippen LogP) is 0.819. The van der Waals surface area contributed by atoms with E-state index in [0.717, 1.165) is 11.3 Å². The molecule has 0 aliphatic carbocycles. The highest BCUT2D eigenvalue weighted by Gasteiger charge is 2.29. The summed E-state index contributed by atoms with van der Waals surface area (Å²) in [4.78, 5) is 28.4. The summed E-state index contributed by atoms with van der Waals surface area (Å²) >= 11 is 6.59. The quantitative estimate of drug-likeness (QED) is 0.534. The van der Waals surface area contributed by atoms with Crippen LogP contribution in [-0.2, 0) is 14.8 Å². The van der Waals surface area contributed by atoms with E-state index in [-0.39, 0.29) is 11.5 Å². The van der Waals surface area contributed by atoms with Crippen LogP contribution in [0.3, 0.4) is 0 Å². The Bertz CT molecular complexity index is 886. The highest BCUT2D eigenvalue weighted by atomic mass is 32.2. The fraction of sp³-hybridized carbons (Fsp3) is 0.562. The zero-order valence-corrected chi connectivity index (χ0v) is 18.9. The van der Waals surface area contributed by atoms with Gasteiger partial charge in [0.2, 0.25) is 10.0 Å². The molecule has 1 saturated heterocycles. The fourth-order valence-electron chi connectivity index (χ4n) is 2.76. The predicted molar refractivity (Wildman–Crippen MR) is 113 cm³/mol. The van der Waals surface area contributed by atoms with Crippen molar-refractivity contribution in [3.05, 3.63) is 16.0 Å². The maximum atomic E-state index is 12.4. The van der Waals surface area contributed by atoms with Crippen molar-refractivity contribution >= 4 is 55.6 Å². The van der Waals surface area contributed by atoms with Gasteiger partial charge in [0.1, 0.15) is 5.00 Å². The maximum absolute atomic E-state index is 12.4. The molecule has 1 aliphatic heterocycles. The van der Waals surface area contributed by atoms with Crippen molar-refractivity contribution in [2.75, 3.05) is 59.0 Å². The lowest BCUT2D eigenvalue weighted by Gasteiger charge is -2.34. The van der Waals surface area contributed by atoms with Gasteiger partial charge in [0.25, 0.3) is 5.91 Å². The van der Waals surface area contributed by atoms with Crippen LogP contribution in [-0.4, -0.2) is 93.2 Å². The standard InChI is InChI=1S/C16H24N4O5S3/c1-10-11(15(22)25-4)13(27-12(10)14(21)18(2)3)17-16(26)19-6-8-20(9-7-19)28(5,23)24/h6-9H2,1-5H3,(H,17,26). The van der Waals surface area contributed by atoms with E-state index in [2.05, 4.69) is 5.32 Å². The first kappa shape index (κ1) is 22.5. The van der Waals surface area contributed by atoms with Crippen molar-refractivity contribution in [3.8, 4) is 0 Å². The molecule has 1 aromatic rings. The molecule has 1 amide bonds. The van der Waals surface area contributed by atoms with E-state index in [0.29, 0.717) is 46.7 Å². The van der Waals surface area contributed by atoms with Gasteiger partial charge in [0.05, 0.1) is 23.8 Å². The Kier molecular flexibility index (Phi) is 7.02. The van der Waals surface area contributed by atoms with E-state index in [1.54, 1.807) is 21.0 Å². The first-order chi connectivity index (χ1) is 13.0. The summed E-state index contributed by atoms with van der Waals surface area (Å²) in [6.07, 6.45) is 1.18. The van der Waals surface area contributed by atoms with Gasteiger partial charge in [-0.1, -0.05) is 0 Å². The van der Waals surface area contributed by atoms with Gasteiger partial charge in [-0.25, -0.2) is 13.2 Å². The number of amides is 1. The number of sulfonamides is 1. The molecule has 1 aromatic heterocycles. The van der Waals surface area contributed by atoms with Crippen molar-refractivity contribution in [1.29, 1.82) is 0 Å². The van der Waals surface area contributed by atoms with Crippen LogP contribution in [0.5, 0.6) is 0 Å². The number of anilines is 1. The van der Waals surface area contributed by atoms with Gasteiger partial charge in [-0.05, 0) is 24.7 Å². The molecular weight excluding hydrogens is 424 g/mol. The summed E-state index contributed by atoms with van der Waals surface area (Å²) in [5, 5.41) is 3.84. The van der Waals surface area contributed by atoms with Crippen LogP contribution in [0.1, 0.15) is 25.6 Å². The molecule has 28 heavy (non-hydrogen) atoms. The Hall–Kier alpha value is -1.76. The van der Waals surface area contributed by atoms with Crippen molar-refractivity contribution in [1.82, 2.24) is 14.1 Å². The number of methoxy groups -OCH3 is 1. The second-order valence-corrected chi connectivity index (χ2v) is 9.92. The monoisotopic (exact) mass is 448 g/mol. The summed E-state index contributed by atoms with van der Waals surface area (Å²) in [7, 11) is 1.32. The van der Waals surface area contributed by atoms with Crippen LogP contribution in [0.15, 0.2) is 0 Å². The molecule has 0 aromatic carbocycles. The maximum Gasteiger partial charge on any atom is 0.341 e. The fourth-order valence-corrected chi connectivity index (χ4v) is 5.15. The average molecular weight is 449 g/mol. The minimum atomic E-state index is -3.23. The van der Waals surface area contributed by atoms with Crippen LogP contribution in [0, 0.1) is 6.92 Å². The molecule has 156 valence electrons. The van der Waals surface area contributed by atoms with E-state index in [1.807, 2.05) is 4.90 Å². The van der Waals surface area contributed by atoms with Crippen molar-refractivity contribution in [3.63, 3.8) is 0 Å². The molecule has 9 nitrogen and oxygen atoms in total. The highest BCUT2D eigenvalue weighted by Crippen LogP contribution is 2.34. The Morgan fingerprint density at radius 1 is 1.21 bits per heavy atom. The largest absolute Gasteiger partial charge is 0.465 e. The number of nitrogens with one attached hydrogen (secondary N) is 1. The lowest BCUT2D eigenvalue weighted by molar-refractivity contribution is 0.0601. The third-order valence-corrected chi connectivity index (χ3v) is 7.21. The Morgan fingerprint density at radius 3 is 2.25 bits per heavy atom. The smallest absolute Gasteiger partial charge is 0.341 e. The molecule has 1 aliphatic rings. The van der Waals surface area contributed by atoms with E-state index < -0.39 is 16.0 Å². The first-order valence-electron chi connectivity index (χ1n) is 8.41. The van der Waals surface area contributed by atoms with Crippen molar-refractivity contribution < 1.29 is 22.7 Å². The van der Waals surface area contributed by atoms with E-state index in [4.69, 9.17) is 17.0 Å². The van der Waals surface area contributed by atoms with Crippen LogP contribution in [0.2, 0.25) is 0 Å². The molecule has 0 bridgehead atoms. The molecule has 2 heterocycles. The molecule has 0 saturated carbocycles. The molecule has 12 heteroatoms. The van der Waals surface area contributed by atoms with Gasteiger partial charge in [-0.2, -0.15) is 4.31 Å². The zero-order valence-electron chi connectivity index (χ0n) is 16.4. The number of carbonyl (C=O) groups excluding carboxylic acids is 2. The normalized spacial score (nSPS) is 15.2. The number of hydrogen-bond acceptors (Lipinski definition) is 7. The molecular formula is C16H24N4O5S3. The third kappa shape index (κ3) is 4.80. The summed E-state index contributed by atoms with van der Waals surface area (Å²) in [5.74, 6) is -0.771. The number of thiophene rings is 1. The Labute approximate surface area is 174 Å². The molecule has 1 fully saturated rings. The number of carbonyl (C=O) groups is 2. The Balaban J connectivity index is 2.23. The summed E-state index contributed by atoms with van der Waals surface area (Å²) in [6, 6.07) is 0. The van der Waals surface area contributed by atoms with Gasteiger partial charge in [-0.15, -0.1) is 11.3 Å². The van der Waals surface area contributed by atoms with E-state index >= 15 is 0 Å². The number of thiocarbonyl (C=S) groups is 1. The lowest BCUT2D eigenvalue weighted by atomic mass is 10.1. The van der Waals surface area contributed by atoms with Gasteiger partial charge < -0.3 is 19.9 Å². The minimum absolute atomic E-state index is 0.214. The number of esters is 1. The lowest BCUT2D eigenvalue weighted by Crippen LogP contribution is -2.51. The summed E-state index contributed by atoms with van der Waals surface area (Å²) in [5.41, 5.74) is 0.803. The molecule has 2 rings (SSSR count). The number of nitrogens with zero attached hydrogens (tertiary/aromatic N) is 3. The second-order valence-electron chi connectivity index (χ2n) is 6.53. The number of hydrogen-bond donors (Lipinski definition) is 1. The van der Waals surface area contributed by atoms with Crippen LogP contribution < -0.4 is 5.32 Å². The summed E-state index contributed by atoms with van der Waals surface area (Å²) < 4.78 is 29.5. The molecule has 0 radical (unpaired) electrons. The van der Waals surface area contributed by atoms with Crippen molar-refractivity contribution in [2.24, 2.45) is 0 Å². The number of rotatable bonds is 4.